The normalized spacial score (nSPS) is 9.55. The fourth-order valence-corrected chi connectivity index (χ4v) is 0.736. The molecular weight excluding hydrogens is 148 g/mol. The zero-order valence-electron chi connectivity index (χ0n) is 5.83. The third-order valence-corrected chi connectivity index (χ3v) is 1.36. The Morgan fingerprint density at radius 2 is 2.27 bits per heavy atom. The second kappa shape index (κ2) is 2.53. The van der Waals surface area contributed by atoms with Gasteiger partial charge in [-0.1, -0.05) is 0 Å². The summed E-state index contributed by atoms with van der Waals surface area (Å²) in [5, 5.41) is 10.2. The van der Waals surface area contributed by atoms with E-state index in [1.807, 2.05) is 0 Å². The van der Waals surface area contributed by atoms with Crippen LogP contribution in [0, 0.1) is 17.0 Å². The molecular formula is C6H6N2O3. The second-order valence-corrected chi connectivity index (χ2v) is 2.07. The summed E-state index contributed by atoms with van der Waals surface area (Å²) in [6.07, 6.45) is 1.26. The van der Waals surface area contributed by atoms with Crippen LogP contribution in [-0.2, 0) is 0 Å². The highest BCUT2D eigenvalue weighted by Crippen LogP contribution is 2.06. The Hall–Kier alpha value is -1.65. The molecule has 0 atom stereocenters. The Morgan fingerprint density at radius 3 is 2.73 bits per heavy atom. The minimum absolute atomic E-state index is 0.137. The van der Waals surface area contributed by atoms with Gasteiger partial charge in [-0.2, -0.15) is 0 Å². The van der Waals surface area contributed by atoms with Crippen LogP contribution in [0.3, 0.4) is 0 Å². The molecule has 58 valence electrons. The largest absolute Gasteiger partial charge is 0.358 e. The van der Waals surface area contributed by atoms with Crippen molar-refractivity contribution in [2.45, 2.75) is 6.92 Å². The number of nitrogens with one attached hydrogen (secondary N) is 1. The van der Waals surface area contributed by atoms with Gasteiger partial charge in [0.15, 0.2) is 5.43 Å². The van der Waals surface area contributed by atoms with E-state index in [1.54, 1.807) is 0 Å². The van der Waals surface area contributed by atoms with E-state index in [9.17, 15) is 14.9 Å². The molecule has 1 aromatic heterocycles. The Kier molecular flexibility index (Phi) is 1.72. The zero-order valence-corrected chi connectivity index (χ0v) is 5.83. The third kappa shape index (κ3) is 1.26. The van der Waals surface area contributed by atoms with Gasteiger partial charge in [-0.25, -0.2) is 4.98 Å². The molecule has 5 heteroatoms. The molecule has 1 aromatic rings. The Bertz CT molecular complexity index is 342. The molecule has 0 saturated heterocycles. The maximum Gasteiger partial charge on any atom is 0.327 e. The van der Waals surface area contributed by atoms with Crippen LogP contribution in [0.4, 0.5) is 5.82 Å². The Labute approximate surface area is 61.8 Å². The maximum atomic E-state index is 10.8. The van der Waals surface area contributed by atoms with Crippen molar-refractivity contribution in [2.75, 3.05) is 0 Å². The van der Waals surface area contributed by atoms with Crippen LogP contribution < -0.4 is 5.43 Å². The van der Waals surface area contributed by atoms with Gasteiger partial charge in [-0.3, -0.25) is 4.79 Å². The second-order valence-electron chi connectivity index (χ2n) is 2.07. The third-order valence-electron chi connectivity index (χ3n) is 1.36. The van der Waals surface area contributed by atoms with Crippen molar-refractivity contribution in [3.63, 3.8) is 0 Å². The average molecular weight is 154 g/mol. The summed E-state index contributed by atoms with van der Waals surface area (Å²) in [7, 11) is 0. The first-order valence-corrected chi connectivity index (χ1v) is 2.95. The number of hydrogen-bond acceptors (Lipinski definition) is 3. The number of H-pyrrole nitrogens is 1. The molecule has 0 aliphatic rings. The van der Waals surface area contributed by atoms with E-state index in [-0.39, 0.29) is 16.8 Å². The number of aromatic amines is 1. The van der Waals surface area contributed by atoms with E-state index >= 15 is 0 Å². The van der Waals surface area contributed by atoms with Gasteiger partial charge in [-0.05, 0) is 11.8 Å². The van der Waals surface area contributed by atoms with Crippen LogP contribution in [-0.4, -0.2) is 9.91 Å². The number of rotatable bonds is 1. The van der Waals surface area contributed by atoms with Crippen LogP contribution in [0.2, 0.25) is 0 Å². The fourth-order valence-electron chi connectivity index (χ4n) is 0.736. The van der Waals surface area contributed by atoms with E-state index in [2.05, 4.69) is 4.98 Å². The standard InChI is InChI=1S/C6H6N2O3/c1-4-5(9)2-3-7-6(4)8(10)11/h2-3H,1H3,(H,7,9). The van der Waals surface area contributed by atoms with Gasteiger partial charge in [0.05, 0.1) is 11.8 Å². The van der Waals surface area contributed by atoms with Crippen LogP contribution in [0.15, 0.2) is 17.1 Å². The lowest BCUT2D eigenvalue weighted by atomic mass is 10.3. The lowest BCUT2D eigenvalue weighted by Crippen LogP contribution is -2.07. The predicted octanol–water partition coefficient (Wildman–Crippen LogP) is 0.592. The van der Waals surface area contributed by atoms with Crippen LogP contribution >= 0.6 is 0 Å². The molecule has 1 heterocycles. The van der Waals surface area contributed by atoms with Gasteiger partial charge in [0.2, 0.25) is 0 Å². The van der Waals surface area contributed by atoms with Gasteiger partial charge < -0.3 is 10.1 Å². The van der Waals surface area contributed by atoms with Crippen molar-refractivity contribution in [3.8, 4) is 0 Å². The fraction of sp³-hybridized carbons (Fsp3) is 0.167. The van der Waals surface area contributed by atoms with Crippen molar-refractivity contribution in [2.24, 2.45) is 0 Å². The summed E-state index contributed by atoms with van der Waals surface area (Å²) in [6.45, 7) is 1.41. The van der Waals surface area contributed by atoms with Crippen molar-refractivity contribution >= 4 is 5.82 Å². The highest BCUT2D eigenvalue weighted by molar-refractivity contribution is 5.29. The van der Waals surface area contributed by atoms with Gasteiger partial charge in [0.1, 0.15) is 0 Å². The summed E-state index contributed by atoms with van der Waals surface area (Å²) in [5.74, 6) is -0.238. The first-order valence-electron chi connectivity index (χ1n) is 2.95. The van der Waals surface area contributed by atoms with Crippen molar-refractivity contribution < 1.29 is 4.92 Å². The number of pyridine rings is 1. The summed E-state index contributed by atoms with van der Waals surface area (Å²) in [6, 6.07) is 1.25. The number of nitro groups is 1. The predicted molar refractivity (Wildman–Crippen MR) is 38.5 cm³/mol. The van der Waals surface area contributed by atoms with Crippen molar-refractivity contribution in [3.05, 3.63) is 38.2 Å². The lowest BCUT2D eigenvalue weighted by molar-refractivity contribution is -0.390. The van der Waals surface area contributed by atoms with E-state index in [0.717, 1.165) is 0 Å². The molecule has 0 aliphatic carbocycles. The Balaban J connectivity index is 3.39. The molecule has 0 bridgehead atoms. The van der Waals surface area contributed by atoms with E-state index < -0.39 is 4.92 Å². The van der Waals surface area contributed by atoms with E-state index in [4.69, 9.17) is 0 Å². The highest BCUT2D eigenvalue weighted by Gasteiger charge is 2.09. The minimum Gasteiger partial charge on any atom is -0.358 e. The van der Waals surface area contributed by atoms with Crippen LogP contribution in [0.25, 0.3) is 0 Å². The molecule has 1 rings (SSSR count). The first-order chi connectivity index (χ1) is 5.13. The molecule has 0 saturated carbocycles. The number of hydrogen-bond donors (Lipinski definition) is 1. The van der Waals surface area contributed by atoms with Crippen LogP contribution in [0.1, 0.15) is 5.56 Å². The lowest BCUT2D eigenvalue weighted by Gasteiger charge is -1.95. The molecule has 11 heavy (non-hydrogen) atoms. The summed E-state index contributed by atoms with van der Waals surface area (Å²) >= 11 is 0. The van der Waals surface area contributed by atoms with Crippen molar-refractivity contribution in [1.29, 1.82) is 0 Å². The SMILES string of the molecule is Cc1c([N+](=O)[O-])[nH]ccc1=O. The van der Waals surface area contributed by atoms with Gasteiger partial charge in [-0.15, -0.1) is 0 Å². The summed E-state index contributed by atoms with van der Waals surface area (Å²) < 4.78 is 0. The summed E-state index contributed by atoms with van der Waals surface area (Å²) in [4.78, 5) is 22.8. The first kappa shape index (κ1) is 7.46. The maximum absolute atomic E-state index is 10.8. The topological polar surface area (TPSA) is 76.0 Å². The van der Waals surface area contributed by atoms with Crippen LogP contribution in [0.5, 0.6) is 0 Å². The molecule has 0 radical (unpaired) electrons. The van der Waals surface area contributed by atoms with Gasteiger partial charge in [0, 0.05) is 6.07 Å². The quantitative estimate of drug-likeness (QED) is 0.475. The monoisotopic (exact) mass is 154 g/mol. The Morgan fingerprint density at radius 1 is 1.64 bits per heavy atom. The molecule has 0 aliphatic heterocycles. The molecule has 0 unspecified atom stereocenters. The zero-order chi connectivity index (χ0) is 8.43. The molecule has 1 N–H and O–H groups in total. The minimum atomic E-state index is -0.614. The summed E-state index contributed by atoms with van der Waals surface area (Å²) in [5.41, 5.74) is -0.187. The molecule has 5 nitrogen and oxygen atoms in total. The van der Waals surface area contributed by atoms with E-state index in [0.29, 0.717) is 0 Å². The highest BCUT2D eigenvalue weighted by atomic mass is 16.6. The molecule has 0 aromatic carbocycles. The average Bonchev–Trinajstić information content (AvgIpc) is 1.94. The number of nitrogens with zero attached hydrogens (tertiary/aromatic N) is 1. The van der Waals surface area contributed by atoms with Gasteiger partial charge >= 0.3 is 5.82 Å². The van der Waals surface area contributed by atoms with E-state index in [1.165, 1.54) is 19.2 Å². The molecule has 0 amide bonds. The molecule has 0 fully saturated rings. The van der Waals surface area contributed by atoms with Gasteiger partial charge in [0.25, 0.3) is 0 Å². The van der Waals surface area contributed by atoms with Crippen molar-refractivity contribution in [1.82, 2.24) is 4.98 Å². The molecule has 0 spiro atoms. The number of aromatic nitrogens is 1. The smallest absolute Gasteiger partial charge is 0.327 e.